The Kier molecular flexibility index (Phi) is 5.57. The number of aliphatic carboxylic acids is 1. The molecule has 1 unspecified atom stereocenters. The molecule has 1 atom stereocenters. The first-order chi connectivity index (χ1) is 11.3. The molecule has 128 valence electrons. The van der Waals surface area contributed by atoms with E-state index in [2.05, 4.69) is 5.32 Å². The fourth-order valence-electron chi connectivity index (χ4n) is 2.50. The molecule has 2 rings (SSSR count). The van der Waals surface area contributed by atoms with Gasteiger partial charge in [0.2, 0.25) is 0 Å². The van der Waals surface area contributed by atoms with Crippen LogP contribution in [0.25, 0.3) is 10.8 Å². The number of hydrogen-bond acceptors (Lipinski definition) is 3. The second-order valence-corrected chi connectivity index (χ2v) is 6.30. The topological polar surface area (TPSA) is 75.6 Å². The molecule has 0 aromatic heterocycles. The molecule has 0 fully saturated rings. The summed E-state index contributed by atoms with van der Waals surface area (Å²) in [6.07, 6.45) is 0.352. The summed E-state index contributed by atoms with van der Waals surface area (Å²) in [4.78, 5) is 23.6. The zero-order valence-electron chi connectivity index (χ0n) is 14.2. The van der Waals surface area contributed by atoms with Gasteiger partial charge in [0.05, 0.1) is 5.92 Å². The predicted molar refractivity (Wildman–Crippen MR) is 92.9 cm³/mol. The average molecular weight is 329 g/mol. The van der Waals surface area contributed by atoms with Gasteiger partial charge in [-0.15, -0.1) is 0 Å². The average Bonchev–Trinajstić information content (AvgIpc) is 2.58. The van der Waals surface area contributed by atoms with Gasteiger partial charge in [0.1, 0.15) is 5.60 Å². The summed E-state index contributed by atoms with van der Waals surface area (Å²) in [5.74, 6) is -1.96. The van der Waals surface area contributed by atoms with Crippen molar-refractivity contribution in [3.05, 3.63) is 48.0 Å². The minimum Gasteiger partial charge on any atom is -0.481 e. The highest BCUT2D eigenvalue weighted by atomic mass is 16.5. The molecule has 0 saturated heterocycles. The fraction of sp³-hybridized carbons (Fsp3) is 0.368. The Hall–Kier alpha value is -2.40. The summed E-state index contributed by atoms with van der Waals surface area (Å²) in [7, 11) is 1.45. The third-order valence-corrected chi connectivity index (χ3v) is 4.26. The summed E-state index contributed by atoms with van der Waals surface area (Å²) in [5.41, 5.74) is -0.0246. The highest BCUT2D eigenvalue weighted by molar-refractivity contribution is 5.87. The fourth-order valence-corrected chi connectivity index (χ4v) is 2.50. The molecule has 2 aromatic carbocycles. The molecule has 1 amide bonds. The molecule has 0 radical (unpaired) electrons. The molecule has 0 aliphatic heterocycles. The number of carbonyl (C=O) groups excluding carboxylic acids is 1. The molecule has 0 spiro atoms. The maximum atomic E-state index is 12.1. The number of carboxylic acids is 1. The van der Waals surface area contributed by atoms with E-state index in [1.807, 2.05) is 42.5 Å². The molecule has 0 aliphatic carbocycles. The van der Waals surface area contributed by atoms with E-state index in [-0.39, 0.29) is 12.5 Å². The van der Waals surface area contributed by atoms with Gasteiger partial charge in [-0.05, 0) is 36.6 Å². The maximum Gasteiger partial charge on any atom is 0.308 e. The van der Waals surface area contributed by atoms with Crippen molar-refractivity contribution in [2.75, 3.05) is 13.7 Å². The van der Waals surface area contributed by atoms with Crippen molar-refractivity contribution in [1.29, 1.82) is 0 Å². The van der Waals surface area contributed by atoms with E-state index in [1.54, 1.807) is 13.8 Å². The lowest BCUT2D eigenvalue weighted by Crippen LogP contribution is -2.46. The number of rotatable bonds is 7. The van der Waals surface area contributed by atoms with E-state index >= 15 is 0 Å². The number of nitrogens with one attached hydrogen (secondary N) is 1. The van der Waals surface area contributed by atoms with E-state index in [0.717, 1.165) is 16.3 Å². The van der Waals surface area contributed by atoms with Crippen LogP contribution in [0.1, 0.15) is 19.4 Å². The number of benzene rings is 2. The van der Waals surface area contributed by atoms with Crippen molar-refractivity contribution in [1.82, 2.24) is 5.32 Å². The first kappa shape index (κ1) is 17.9. The van der Waals surface area contributed by atoms with Gasteiger partial charge in [0.15, 0.2) is 0 Å². The molecular formula is C19H23NO4. The standard InChI is InChI=1S/C19H23NO4/c1-19(2,24-3)18(23)20-12-15(17(21)22)11-14-9-6-8-13-7-4-5-10-16(13)14/h4-10,15H,11-12H2,1-3H3,(H,20,23)(H,21,22). The molecule has 0 bridgehead atoms. The van der Waals surface area contributed by atoms with Crippen LogP contribution in [-0.4, -0.2) is 36.2 Å². The lowest BCUT2D eigenvalue weighted by Gasteiger charge is -2.23. The van der Waals surface area contributed by atoms with Gasteiger partial charge in [-0.3, -0.25) is 9.59 Å². The number of methoxy groups -OCH3 is 1. The number of amides is 1. The lowest BCUT2D eigenvalue weighted by molar-refractivity contribution is -0.143. The second-order valence-electron chi connectivity index (χ2n) is 6.30. The van der Waals surface area contributed by atoms with Crippen molar-refractivity contribution in [3.63, 3.8) is 0 Å². The Bertz CT molecular complexity index is 734. The Morgan fingerprint density at radius 2 is 1.83 bits per heavy atom. The van der Waals surface area contributed by atoms with Gasteiger partial charge < -0.3 is 15.2 Å². The number of fused-ring (bicyclic) bond motifs is 1. The molecule has 2 N–H and O–H groups in total. The van der Waals surface area contributed by atoms with Gasteiger partial charge in [0, 0.05) is 13.7 Å². The molecule has 0 saturated carbocycles. The van der Waals surface area contributed by atoms with Crippen LogP contribution in [-0.2, 0) is 20.7 Å². The molecule has 5 heteroatoms. The SMILES string of the molecule is COC(C)(C)C(=O)NCC(Cc1cccc2ccccc12)C(=O)O. The monoisotopic (exact) mass is 329 g/mol. The van der Waals surface area contributed by atoms with E-state index in [9.17, 15) is 14.7 Å². The summed E-state index contributed by atoms with van der Waals surface area (Å²) >= 11 is 0. The minimum absolute atomic E-state index is 0.0597. The number of hydrogen-bond donors (Lipinski definition) is 2. The third kappa shape index (κ3) is 4.11. The van der Waals surface area contributed by atoms with Gasteiger partial charge in [0.25, 0.3) is 5.91 Å². The zero-order valence-corrected chi connectivity index (χ0v) is 14.2. The van der Waals surface area contributed by atoms with Crippen LogP contribution >= 0.6 is 0 Å². The number of carbonyl (C=O) groups is 2. The highest BCUT2D eigenvalue weighted by Gasteiger charge is 2.28. The first-order valence-electron chi connectivity index (χ1n) is 7.88. The van der Waals surface area contributed by atoms with Crippen molar-refractivity contribution in [3.8, 4) is 0 Å². The Morgan fingerprint density at radius 3 is 2.50 bits per heavy atom. The summed E-state index contributed by atoms with van der Waals surface area (Å²) in [6, 6.07) is 13.7. The first-order valence-corrected chi connectivity index (χ1v) is 7.88. The van der Waals surface area contributed by atoms with Gasteiger partial charge >= 0.3 is 5.97 Å². The minimum atomic E-state index is -0.984. The van der Waals surface area contributed by atoms with E-state index in [4.69, 9.17) is 4.74 Å². The summed E-state index contributed by atoms with van der Waals surface area (Å²) in [6.45, 7) is 3.34. The number of carboxylic acid groups (broad SMARTS) is 1. The maximum absolute atomic E-state index is 12.1. The Balaban J connectivity index is 2.14. The van der Waals surface area contributed by atoms with Crippen molar-refractivity contribution in [2.45, 2.75) is 25.9 Å². The Morgan fingerprint density at radius 1 is 1.17 bits per heavy atom. The van der Waals surface area contributed by atoms with E-state index in [0.29, 0.717) is 6.42 Å². The van der Waals surface area contributed by atoms with Crippen LogP contribution in [0.5, 0.6) is 0 Å². The van der Waals surface area contributed by atoms with Crippen LogP contribution in [0.4, 0.5) is 0 Å². The smallest absolute Gasteiger partial charge is 0.308 e. The van der Waals surface area contributed by atoms with Crippen LogP contribution in [0.15, 0.2) is 42.5 Å². The van der Waals surface area contributed by atoms with E-state index < -0.39 is 17.5 Å². The molecule has 2 aromatic rings. The van der Waals surface area contributed by atoms with Crippen LogP contribution in [0.2, 0.25) is 0 Å². The molecule has 0 aliphatic rings. The largest absolute Gasteiger partial charge is 0.481 e. The van der Waals surface area contributed by atoms with Gasteiger partial charge in [-0.1, -0.05) is 42.5 Å². The summed E-state index contributed by atoms with van der Waals surface area (Å²) in [5, 5.41) is 14.3. The number of ether oxygens (including phenoxy) is 1. The third-order valence-electron chi connectivity index (χ3n) is 4.26. The lowest BCUT2D eigenvalue weighted by atomic mass is 9.94. The Labute approximate surface area is 141 Å². The zero-order chi connectivity index (χ0) is 17.7. The van der Waals surface area contributed by atoms with Crippen molar-refractivity contribution in [2.24, 2.45) is 5.92 Å². The van der Waals surface area contributed by atoms with Crippen molar-refractivity contribution < 1.29 is 19.4 Å². The van der Waals surface area contributed by atoms with Crippen LogP contribution in [0.3, 0.4) is 0 Å². The van der Waals surface area contributed by atoms with Crippen LogP contribution < -0.4 is 5.32 Å². The normalized spacial score (nSPS) is 12.8. The molecule has 0 heterocycles. The predicted octanol–water partition coefficient (Wildman–Crippen LogP) is 2.62. The van der Waals surface area contributed by atoms with Crippen molar-refractivity contribution >= 4 is 22.6 Å². The molecule has 24 heavy (non-hydrogen) atoms. The van der Waals surface area contributed by atoms with Gasteiger partial charge in [-0.25, -0.2) is 0 Å². The second kappa shape index (κ2) is 7.45. The van der Waals surface area contributed by atoms with E-state index in [1.165, 1.54) is 7.11 Å². The van der Waals surface area contributed by atoms with Gasteiger partial charge in [-0.2, -0.15) is 0 Å². The summed E-state index contributed by atoms with van der Waals surface area (Å²) < 4.78 is 5.11. The molecular weight excluding hydrogens is 306 g/mol. The highest BCUT2D eigenvalue weighted by Crippen LogP contribution is 2.21. The van der Waals surface area contributed by atoms with Crippen LogP contribution in [0, 0.1) is 5.92 Å². The quantitative estimate of drug-likeness (QED) is 0.819. The molecule has 5 nitrogen and oxygen atoms in total.